The van der Waals surface area contributed by atoms with Crippen LogP contribution >= 0.6 is 0 Å². The van der Waals surface area contributed by atoms with Crippen LogP contribution in [-0.4, -0.2) is 18.5 Å². The van der Waals surface area contributed by atoms with Gasteiger partial charge in [-0.05, 0) is 24.6 Å². The van der Waals surface area contributed by atoms with Crippen molar-refractivity contribution in [1.82, 2.24) is 0 Å². The molecule has 1 heterocycles. The number of benzene rings is 1. The summed E-state index contributed by atoms with van der Waals surface area (Å²) in [6.07, 6.45) is 6.75. The molecule has 0 saturated heterocycles. The number of rotatable bonds is 4. The molecule has 0 saturated carbocycles. The molecule has 0 fully saturated rings. The van der Waals surface area contributed by atoms with Gasteiger partial charge in [-0.3, -0.25) is 0 Å². The quantitative estimate of drug-likeness (QED) is 0.281. The predicted octanol–water partition coefficient (Wildman–Crippen LogP) is 1.74. The number of hydrogen-bond donors (Lipinski definition) is 0. The first-order valence-electron chi connectivity index (χ1n) is 6.54. The molecule has 0 atom stereocenters. The minimum Gasteiger partial charge on any atom is -0.449 e. The van der Waals surface area contributed by atoms with Crippen LogP contribution in [-0.2, 0) is 14.3 Å². The van der Waals surface area contributed by atoms with Crippen molar-refractivity contribution in [2.24, 2.45) is 0 Å². The first kappa shape index (κ1) is 16.0. The maximum absolute atomic E-state index is 11.6. The molecule has 23 heavy (non-hydrogen) atoms. The van der Waals surface area contributed by atoms with E-state index in [1.54, 1.807) is 19.1 Å². The highest BCUT2D eigenvalue weighted by Crippen LogP contribution is 2.22. The van der Waals surface area contributed by atoms with Crippen molar-refractivity contribution >= 4 is 22.9 Å². The molecule has 1 aromatic carbocycles. The van der Waals surface area contributed by atoms with E-state index in [2.05, 4.69) is 10.7 Å². The zero-order valence-electron chi connectivity index (χ0n) is 12.2. The maximum atomic E-state index is 11.6. The van der Waals surface area contributed by atoms with E-state index < -0.39 is 17.6 Å². The van der Waals surface area contributed by atoms with E-state index in [-0.39, 0.29) is 12.4 Å². The SMILES string of the molecule is C#CCOC(=O)/C=C/C(=O)Oc1ccc2c(C)cc(=O)oc2c1. The summed E-state index contributed by atoms with van der Waals surface area (Å²) >= 11 is 0. The van der Waals surface area contributed by atoms with Gasteiger partial charge in [0.25, 0.3) is 0 Å². The third kappa shape index (κ3) is 4.32. The van der Waals surface area contributed by atoms with Crippen LogP contribution in [0.4, 0.5) is 0 Å². The zero-order valence-corrected chi connectivity index (χ0v) is 12.2. The van der Waals surface area contributed by atoms with Crippen molar-refractivity contribution in [2.45, 2.75) is 6.92 Å². The fourth-order valence-corrected chi connectivity index (χ4v) is 1.82. The lowest BCUT2D eigenvalue weighted by Gasteiger charge is -2.04. The highest BCUT2D eigenvalue weighted by Gasteiger charge is 2.07. The van der Waals surface area contributed by atoms with Crippen LogP contribution in [0.15, 0.2) is 45.6 Å². The third-order valence-corrected chi connectivity index (χ3v) is 2.79. The lowest BCUT2D eigenvalue weighted by atomic mass is 10.1. The topological polar surface area (TPSA) is 82.8 Å². The smallest absolute Gasteiger partial charge is 0.336 e. The van der Waals surface area contributed by atoms with Crippen LogP contribution < -0.4 is 10.4 Å². The summed E-state index contributed by atoms with van der Waals surface area (Å²) in [5, 5.41) is 0.734. The molecule has 0 N–H and O–H groups in total. The molecule has 6 nitrogen and oxygen atoms in total. The summed E-state index contributed by atoms with van der Waals surface area (Å²) in [5.41, 5.74) is 0.567. The molecule has 0 spiro atoms. The van der Waals surface area contributed by atoms with Gasteiger partial charge in [0.2, 0.25) is 0 Å². The summed E-state index contributed by atoms with van der Waals surface area (Å²) in [6.45, 7) is 1.59. The van der Waals surface area contributed by atoms with E-state index in [9.17, 15) is 14.4 Å². The summed E-state index contributed by atoms with van der Waals surface area (Å²) in [4.78, 5) is 34.1. The Morgan fingerprint density at radius 2 is 2.00 bits per heavy atom. The summed E-state index contributed by atoms with van der Waals surface area (Å²) in [6, 6.07) is 6.02. The third-order valence-electron chi connectivity index (χ3n) is 2.79. The Hall–Kier alpha value is -3.33. The van der Waals surface area contributed by atoms with Crippen LogP contribution in [0.1, 0.15) is 5.56 Å². The van der Waals surface area contributed by atoms with Gasteiger partial charge in [0.1, 0.15) is 11.3 Å². The van der Waals surface area contributed by atoms with E-state index in [0.29, 0.717) is 5.58 Å². The van der Waals surface area contributed by atoms with Gasteiger partial charge in [-0.25, -0.2) is 14.4 Å². The van der Waals surface area contributed by atoms with Gasteiger partial charge in [0, 0.05) is 29.7 Å². The van der Waals surface area contributed by atoms with Crippen molar-refractivity contribution in [1.29, 1.82) is 0 Å². The van der Waals surface area contributed by atoms with Crippen molar-refractivity contribution in [3.05, 3.63) is 52.4 Å². The molecule has 0 aliphatic heterocycles. The van der Waals surface area contributed by atoms with E-state index >= 15 is 0 Å². The predicted molar refractivity (Wildman–Crippen MR) is 81.8 cm³/mol. The number of aryl methyl sites for hydroxylation is 1. The van der Waals surface area contributed by atoms with Crippen LogP contribution in [0.25, 0.3) is 11.0 Å². The first-order chi connectivity index (χ1) is 11.0. The number of carbonyl (C=O) groups is 2. The molecule has 0 amide bonds. The Labute approximate surface area is 131 Å². The van der Waals surface area contributed by atoms with Gasteiger partial charge in [0.05, 0.1) is 0 Å². The standard InChI is InChI=1S/C17H12O6/c1-3-8-21-15(18)6-7-16(19)22-12-4-5-13-11(2)9-17(20)23-14(13)10-12/h1,4-7,9-10H,8H2,2H3/b7-6+. The molecule has 0 radical (unpaired) electrons. The van der Waals surface area contributed by atoms with Gasteiger partial charge in [-0.2, -0.15) is 0 Å². The summed E-state index contributed by atoms with van der Waals surface area (Å²) < 4.78 is 14.6. The Morgan fingerprint density at radius 1 is 1.26 bits per heavy atom. The summed E-state index contributed by atoms with van der Waals surface area (Å²) in [7, 11) is 0. The number of fused-ring (bicyclic) bond motifs is 1. The van der Waals surface area contributed by atoms with Crippen molar-refractivity contribution in [3.63, 3.8) is 0 Å². The molecule has 2 rings (SSSR count). The molecule has 6 heteroatoms. The van der Waals surface area contributed by atoms with Gasteiger partial charge < -0.3 is 13.9 Å². The Balaban J connectivity index is 2.11. The molecule has 116 valence electrons. The minimum atomic E-state index is -0.781. The van der Waals surface area contributed by atoms with E-state index in [1.165, 1.54) is 12.1 Å². The lowest BCUT2D eigenvalue weighted by molar-refractivity contribution is -0.137. The number of hydrogen-bond acceptors (Lipinski definition) is 6. The Bertz CT molecular complexity index is 882. The average Bonchev–Trinajstić information content (AvgIpc) is 2.50. The fourth-order valence-electron chi connectivity index (χ4n) is 1.82. The highest BCUT2D eigenvalue weighted by molar-refractivity contribution is 5.93. The molecule has 0 aliphatic rings. The normalized spacial score (nSPS) is 10.4. The van der Waals surface area contributed by atoms with Gasteiger partial charge >= 0.3 is 17.6 Å². The number of terminal acetylenes is 1. The molecule has 1 aromatic heterocycles. The number of ether oxygens (including phenoxy) is 2. The van der Waals surface area contributed by atoms with Crippen LogP contribution in [0.3, 0.4) is 0 Å². The van der Waals surface area contributed by atoms with E-state index in [0.717, 1.165) is 23.1 Å². The minimum absolute atomic E-state index is 0.179. The van der Waals surface area contributed by atoms with Crippen molar-refractivity contribution in [3.8, 4) is 18.1 Å². The highest BCUT2D eigenvalue weighted by atomic mass is 16.5. The summed E-state index contributed by atoms with van der Waals surface area (Å²) in [5.74, 6) is 0.771. The largest absolute Gasteiger partial charge is 0.449 e. The van der Waals surface area contributed by atoms with Gasteiger partial charge in [-0.15, -0.1) is 6.42 Å². The maximum Gasteiger partial charge on any atom is 0.336 e. The fraction of sp³-hybridized carbons (Fsp3) is 0.118. The number of esters is 2. The van der Waals surface area contributed by atoms with Crippen LogP contribution in [0.5, 0.6) is 5.75 Å². The van der Waals surface area contributed by atoms with Gasteiger partial charge in [0.15, 0.2) is 6.61 Å². The first-order valence-corrected chi connectivity index (χ1v) is 6.54. The zero-order chi connectivity index (χ0) is 16.8. The van der Waals surface area contributed by atoms with E-state index in [1.807, 2.05) is 0 Å². The van der Waals surface area contributed by atoms with E-state index in [4.69, 9.17) is 15.6 Å². The van der Waals surface area contributed by atoms with Crippen molar-refractivity contribution in [2.75, 3.05) is 6.61 Å². The molecular weight excluding hydrogens is 300 g/mol. The molecule has 0 unspecified atom stereocenters. The molecular formula is C17H12O6. The monoisotopic (exact) mass is 312 g/mol. The second-order valence-electron chi connectivity index (χ2n) is 4.47. The second-order valence-corrected chi connectivity index (χ2v) is 4.47. The van der Waals surface area contributed by atoms with Crippen LogP contribution in [0.2, 0.25) is 0 Å². The van der Waals surface area contributed by atoms with Crippen LogP contribution in [0, 0.1) is 19.3 Å². The second kappa shape index (κ2) is 7.09. The molecule has 0 aliphatic carbocycles. The average molecular weight is 312 g/mol. The Morgan fingerprint density at radius 3 is 2.74 bits per heavy atom. The molecule has 0 bridgehead atoms. The number of carbonyl (C=O) groups excluding carboxylic acids is 2. The Kier molecular flexibility index (Phi) is 4.95. The lowest BCUT2D eigenvalue weighted by Crippen LogP contribution is -2.07. The van der Waals surface area contributed by atoms with Crippen molar-refractivity contribution < 1.29 is 23.5 Å². The van der Waals surface area contributed by atoms with Gasteiger partial charge in [-0.1, -0.05) is 5.92 Å². The molecule has 2 aromatic rings.